The first-order valence-electron chi connectivity index (χ1n) is 8.77. The van der Waals surface area contributed by atoms with Crippen molar-refractivity contribution in [1.82, 2.24) is 0 Å². The summed E-state index contributed by atoms with van der Waals surface area (Å²) in [7, 11) is 1.23. The van der Waals surface area contributed by atoms with Gasteiger partial charge in [-0.15, -0.1) is 0 Å². The number of hydrogen-bond donors (Lipinski definition) is 0. The quantitative estimate of drug-likeness (QED) is 0.503. The van der Waals surface area contributed by atoms with Gasteiger partial charge in [0.2, 0.25) is 0 Å². The Kier molecular flexibility index (Phi) is 4.99. The molecule has 26 heavy (non-hydrogen) atoms. The molecule has 0 heterocycles. The summed E-state index contributed by atoms with van der Waals surface area (Å²) >= 11 is 0. The van der Waals surface area contributed by atoms with Gasteiger partial charge in [0.1, 0.15) is 0 Å². The molecule has 0 unspecified atom stereocenters. The van der Waals surface area contributed by atoms with Crippen LogP contribution in [-0.2, 0) is 0 Å². The van der Waals surface area contributed by atoms with Gasteiger partial charge in [-0.2, -0.15) is 0 Å². The first kappa shape index (κ1) is 18.4. The van der Waals surface area contributed by atoms with E-state index in [-0.39, 0.29) is 0 Å². The highest BCUT2D eigenvalue weighted by Crippen LogP contribution is 2.39. The second-order valence-corrected chi connectivity index (χ2v) is 7.93. The lowest BCUT2D eigenvalue weighted by molar-refractivity contribution is 1.48. The number of fused-ring (bicyclic) bond motifs is 1. The van der Waals surface area contributed by atoms with Gasteiger partial charge in [0, 0.05) is 5.29 Å². The van der Waals surface area contributed by atoms with Crippen molar-refractivity contribution in [3.05, 3.63) is 96.1 Å². The molecular formula is C25H25P. The van der Waals surface area contributed by atoms with E-state index in [0.29, 0.717) is 0 Å². The molecule has 0 amide bonds. The average molecular weight is 356 g/mol. The van der Waals surface area contributed by atoms with Crippen molar-refractivity contribution in [2.75, 3.05) is 6.66 Å². The topological polar surface area (TPSA) is 0 Å². The van der Waals surface area contributed by atoms with Crippen LogP contribution < -0.4 is 0 Å². The van der Waals surface area contributed by atoms with E-state index in [1.54, 1.807) is 0 Å². The van der Waals surface area contributed by atoms with Gasteiger partial charge in [-0.1, -0.05) is 69.9 Å². The molecule has 0 aromatic heterocycles. The van der Waals surface area contributed by atoms with E-state index >= 15 is 0 Å². The van der Waals surface area contributed by atoms with Crippen LogP contribution in [0.2, 0.25) is 0 Å². The Morgan fingerprint density at radius 2 is 1.38 bits per heavy atom. The molecule has 0 saturated heterocycles. The summed E-state index contributed by atoms with van der Waals surface area (Å²) in [5.41, 5.74) is 11.8. The van der Waals surface area contributed by atoms with Crippen molar-refractivity contribution in [3.63, 3.8) is 0 Å². The normalized spacial score (nSPS) is 13.7. The van der Waals surface area contributed by atoms with Crippen LogP contribution in [0, 0.1) is 0 Å². The minimum atomic E-state index is 0.880. The van der Waals surface area contributed by atoms with E-state index < -0.39 is 0 Å². The fourth-order valence-electron chi connectivity index (χ4n) is 3.58. The Morgan fingerprint density at radius 3 is 2.00 bits per heavy atom. The van der Waals surface area contributed by atoms with Gasteiger partial charge in [-0.05, 0) is 83.6 Å². The number of allylic oxidation sites excluding steroid dienone is 4. The molecule has 0 radical (unpaired) electrons. The second kappa shape index (κ2) is 7.06. The van der Waals surface area contributed by atoms with Crippen molar-refractivity contribution in [3.8, 4) is 0 Å². The third-order valence-corrected chi connectivity index (χ3v) is 5.88. The van der Waals surface area contributed by atoms with Crippen LogP contribution in [0.1, 0.15) is 53.6 Å². The Bertz CT molecular complexity index is 999. The Labute approximate surface area is 159 Å². The predicted molar refractivity (Wildman–Crippen MR) is 121 cm³/mol. The first-order valence-corrected chi connectivity index (χ1v) is 10.1. The molecule has 0 saturated carbocycles. The fourth-order valence-corrected chi connectivity index (χ4v) is 4.38. The summed E-state index contributed by atoms with van der Waals surface area (Å²) in [5, 5.41) is 1.31. The SMILES string of the molecule is C=C(C)c1ccc(/C(=P\C)c2ccc3c(c2)C(=C)CC3=C)cc1C(=C)C. The Balaban J connectivity index is 2.11. The van der Waals surface area contributed by atoms with E-state index in [4.69, 9.17) is 0 Å². The summed E-state index contributed by atoms with van der Waals surface area (Å²) < 4.78 is 0. The van der Waals surface area contributed by atoms with Crippen molar-refractivity contribution in [2.45, 2.75) is 20.3 Å². The van der Waals surface area contributed by atoms with E-state index in [1.807, 2.05) is 6.92 Å². The lowest BCUT2D eigenvalue weighted by atomic mass is 9.92. The average Bonchev–Trinajstić information content (AvgIpc) is 2.89. The minimum Gasteiger partial charge on any atom is -0.0987 e. The zero-order chi connectivity index (χ0) is 19.0. The first-order chi connectivity index (χ1) is 12.3. The summed E-state index contributed by atoms with van der Waals surface area (Å²) in [5.74, 6) is 0. The standard InChI is InChI=1S/C25H25P/c1-15(2)21-10-8-19(13-23(21)16(3)4)25(26-7)20-9-11-22-17(5)12-18(6)24(22)14-20/h8-11,13-14H,1,3,5-6,12H2,2,4,7H3. The van der Waals surface area contributed by atoms with Crippen LogP contribution in [0.5, 0.6) is 0 Å². The number of benzene rings is 2. The maximum absolute atomic E-state index is 4.22. The number of rotatable bonds is 4. The molecule has 0 fully saturated rings. The maximum Gasteiger partial charge on any atom is 0.0119 e. The molecule has 1 aliphatic carbocycles. The van der Waals surface area contributed by atoms with Gasteiger partial charge in [-0.25, -0.2) is 0 Å². The zero-order valence-electron chi connectivity index (χ0n) is 15.9. The zero-order valence-corrected chi connectivity index (χ0v) is 16.8. The van der Waals surface area contributed by atoms with Gasteiger partial charge < -0.3 is 0 Å². The lowest BCUT2D eigenvalue weighted by Gasteiger charge is -2.15. The molecular weight excluding hydrogens is 331 g/mol. The minimum absolute atomic E-state index is 0.880. The largest absolute Gasteiger partial charge is 0.0987 e. The van der Waals surface area contributed by atoms with Crippen molar-refractivity contribution in [2.24, 2.45) is 0 Å². The molecule has 3 rings (SSSR count). The second-order valence-electron chi connectivity index (χ2n) is 7.04. The van der Waals surface area contributed by atoms with Gasteiger partial charge >= 0.3 is 0 Å². The maximum atomic E-state index is 4.22. The van der Waals surface area contributed by atoms with Crippen LogP contribution >= 0.6 is 8.20 Å². The predicted octanol–water partition coefficient (Wildman–Crippen LogP) is 7.33. The molecule has 1 heteroatoms. The van der Waals surface area contributed by atoms with Crippen LogP contribution in [0.4, 0.5) is 0 Å². The molecule has 0 N–H and O–H groups in total. The van der Waals surface area contributed by atoms with Crippen molar-refractivity contribution in [1.29, 1.82) is 0 Å². The third kappa shape index (κ3) is 3.18. The van der Waals surface area contributed by atoms with Crippen LogP contribution in [0.15, 0.2) is 62.7 Å². The van der Waals surface area contributed by atoms with E-state index in [0.717, 1.165) is 17.6 Å². The summed E-state index contributed by atoms with van der Waals surface area (Å²) in [4.78, 5) is 0. The van der Waals surface area contributed by atoms with Crippen molar-refractivity contribution < 1.29 is 0 Å². The molecule has 0 aliphatic heterocycles. The Morgan fingerprint density at radius 1 is 0.808 bits per heavy atom. The van der Waals surface area contributed by atoms with Crippen LogP contribution in [-0.4, -0.2) is 12.0 Å². The highest BCUT2D eigenvalue weighted by atomic mass is 31.1. The van der Waals surface area contributed by atoms with Crippen molar-refractivity contribution >= 4 is 35.8 Å². The molecule has 0 nitrogen and oxygen atoms in total. The molecule has 0 spiro atoms. The highest BCUT2D eigenvalue weighted by molar-refractivity contribution is 7.41. The molecule has 0 atom stereocenters. The van der Waals surface area contributed by atoms with E-state index in [2.05, 4.69) is 76.3 Å². The van der Waals surface area contributed by atoms with Crippen LogP contribution in [0.3, 0.4) is 0 Å². The van der Waals surface area contributed by atoms with Gasteiger partial charge in [0.25, 0.3) is 0 Å². The highest BCUT2D eigenvalue weighted by Gasteiger charge is 2.19. The van der Waals surface area contributed by atoms with Crippen LogP contribution in [0.25, 0.3) is 22.3 Å². The smallest absolute Gasteiger partial charge is 0.0119 e. The molecule has 2 aromatic rings. The molecule has 0 bridgehead atoms. The summed E-state index contributed by atoms with van der Waals surface area (Å²) in [6, 6.07) is 13.3. The number of hydrogen-bond acceptors (Lipinski definition) is 0. The molecule has 1 aliphatic rings. The van der Waals surface area contributed by atoms with E-state index in [1.165, 1.54) is 58.0 Å². The fraction of sp³-hybridized carbons (Fsp3) is 0.160. The monoisotopic (exact) mass is 356 g/mol. The van der Waals surface area contributed by atoms with E-state index in [9.17, 15) is 0 Å². The lowest BCUT2D eigenvalue weighted by Crippen LogP contribution is -2.03. The molecule has 130 valence electrons. The summed E-state index contributed by atoms with van der Waals surface area (Å²) in [6.07, 6.45) is 0.880. The Hall–Kier alpha value is -2.43. The third-order valence-electron chi connectivity index (χ3n) is 4.92. The molecule has 2 aromatic carbocycles. The van der Waals surface area contributed by atoms with Gasteiger partial charge in [0.15, 0.2) is 0 Å². The van der Waals surface area contributed by atoms with Gasteiger partial charge in [-0.3, -0.25) is 0 Å². The summed E-state index contributed by atoms with van der Waals surface area (Å²) in [6.45, 7) is 22.9. The van der Waals surface area contributed by atoms with Gasteiger partial charge in [0.05, 0.1) is 0 Å².